The standard InChI is InChI=1S/C8H15N3O3Si/c1-10-7(6-14-15(2,3)4)9-5-8(10)11(12)13/h5H,6H2,1-4H3. The van der Waals surface area contributed by atoms with Gasteiger partial charge in [-0.25, -0.2) is 9.55 Å². The van der Waals surface area contributed by atoms with Crippen molar-refractivity contribution < 1.29 is 9.35 Å². The van der Waals surface area contributed by atoms with Crippen LogP contribution in [0.15, 0.2) is 6.20 Å². The van der Waals surface area contributed by atoms with Crippen LogP contribution < -0.4 is 0 Å². The van der Waals surface area contributed by atoms with E-state index in [0.717, 1.165) is 0 Å². The van der Waals surface area contributed by atoms with E-state index >= 15 is 0 Å². The lowest BCUT2D eigenvalue weighted by molar-refractivity contribution is -0.391. The first-order valence-electron chi connectivity index (χ1n) is 4.60. The van der Waals surface area contributed by atoms with Gasteiger partial charge in [0.2, 0.25) is 5.82 Å². The maximum Gasteiger partial charge on any atom is 0.342 e. The predicted molar refractivity (Wildman–Crippen MR) is 58.0 cm³/mol. The van der Waals surface area contributed by atoms with Crippen molar-refractivity contribution in [1.82, 2.24) is 9.55 Å². The van der Waals surface area contributed by atoms with Crippen LogP contribution in [0.2, 0.25) is 19.6 Å². The van der Waals surface area contributed by atoms with Crippen molar-refractivity contribution in [2.45, 2.75) is 26.2 Å². The molecule has 0 saturated carbocycles. The van der Waals surface area contributed by atoms with E-state index in [9.17, 15) is 10.1 Å². The van der Waals surface area contributed by atoms with E-state index in [2.05, 4.69) is 24.6 Å². The van der Waals surface area contributed by atoms with Gasteiger partial charge in [-0.2, -0.15) is 0 Å². The van der Waals surface area contributed by atoms with Gasteiger partial charge in [-0.05, 0) is 24.6 Å². The number of aromatic nitrogens is 2. The Bertz CT molecular complexity index is 370. The van der Waals surface area contributed by atoms with E-state index in [4.69, 9.17) is 4.43 Å². The van der Waals surface area contributed by atoms with Crippen LogP contribution in [0.1, 0.15) is 5.82 Å². The Balaban J connectivity index is 2.75. The molecule has 0 aromatic carbocycles. The summed E-state index contributed by atoms with van der Waals surface area (Å²) in [6, 6.07) is 0. The first-order chi connectivity index (χ1) is 6.81. The third-order valence-electron chi connectivity index (χ3n) is 1.88. The number of nitro groups is 1. The van der Waals surface area contributed by atoms with Crippen molar-refractivity contribution in [2.24, 2.45) is 7.05 Å². The van der Waals surface area contributed by atoms with Crippen molar-refractivity contribution in [3.8, 4) is 0 Å². The molecule has 0 aliphatic rings. The average molecular weight is 229 g/mol. The molecule has 0 saturated heterocycles. The second-order valence-corrected chi connectivity index (χ2v) is 8.76. The van der Waals surface area contributed by atoms with Gasteiger partial charge in [-0.1, -0.05) is 0 Å². The Labute approximate surface area is 89.2 Å². The van der Waals surface area contributed by atoms with Crippen LogP contribution in [0.5, 0.6) is 0 Å². The number of hydrogen-bond donors (Lipinski definition) is 0. The Kier molecular flexibility index (Phi) is 3.25. The van der Waals surface area contributed by atoms with Crippen LogP contribution in [0, 0.1) is 10.1 Å². The molecule has 84 valence electrons. The van der Waals surface area contributed by atoms with E-state index in [-0.39, 0.29) is 5.82 Å². The molecule has 0 unspecified atom stereocenters. The van der Waals surface area contributed by atoms with Gasteiger partial charge in [0, 0.05) is 0 Å². The van der Waals surface area contributed by atoms with Crippen molar-refractivity contribution in [3.05, 3.63) is 22.1 Å². The van der Waals surface area contributed by atoms with Gasteiger partial charge in [-0.3, -0.25) is 0 Å². The quantitative estimate of drug-likeness (QED) is 0.447. The molecule has 6 nitrogen and oxygen atoms in total. The molecule has 0 N–H and O–H groups in total. The summed E-state index contributed by atoms with van der Waals surface area (Å²) in [6.45, 7) is 6.51. The Hall–Kier alpha value is -1.21. The minimum atomic E-state index is -1.60. The van der Waals surface area contributed by atoms with E-state index in [0.29, 0.717) is 12.4 Å². The molecule has 0 bridgehead atoms. The minimum absolute atomic E-state index is 0.0100. The predicted octanol–water partition coefficient (Wildman–Crippen LogP) is 1.68. The first-order valence-corrected chi connectivity index (χ1v) is 8.01. The fourth-order valence-corrected chi connectivity index (χ4v) is 1.58. The highest BCUT2D eigenvalue weighted by atomic mass is 28.4. The molecule has 0 aliphatic carbocycles. The summed E-state index contributed by atoms with van der Waals surface area (Å²) in [5.74, 6) is 0.577. The van der Waals surface area contributed by atoms with Crippen molar-refractivity contribution in [3.63, 3.8) is 0 Å². The van der Waals surface area contributed by atoms with E-state index in [1.165, 1.54) is 10.8 Å². The molecule has 0 spiro atoms. The molecule has 7 heteroatoms. The van der Waals surface area contributed by atoms with E-state index < -0.39 is 13.2 Å². The molecule has 0 fully saturated rings. The molecule has 1 rings (SSSR count). The second kappa shape index (κ2) is 4.11. The SMILES string of the molecule is Cn1c([N+](=O)[O-])cnc1CO[Si](C)(C)C. The van der Waals surface area contributed by atoms with Crippen molar-refractivity contribution in [2.75, 3.05) is 0 Å². The molecular weight excluding hydrogens is 214 g/mol. The fraction of sp³-hybridized carbons (Fsp3) is 0.625. The van der Waals surface area contributed by atoms with Crippen LogP contribution >= 0.6 is 0 Å². The molecular formula is C8H15N3O3Si. The highest BCUT2D eigenvalue weighted by molar-refractivity contribution is 6.69. The normalized spacial score (nSPS) is 11.7. The Morgan fingerprint density at radius 3 is 2.60 bits per heavy atom. The molecule has 15 heavy (non-hydrogen) atoms. The summed E-state index contributed by atoms with van der Waals surface area (Å²) in [7, 11) is 0.0150. The topological polar surface area (TPSA) is 70.2 Å². The maximum atomic E-state index is 10.5. The fourth-order valence-electron chi connectivity index (χ4n) is 1.02. The molecule has 1 heterocycles. The molecule has 0 aliphatic heterocycles. The van der Waals surface area contributed by atoms with Gasteiger partial charge in [0.05, 0.1) is 7.05 Å². The molecule has 0 radical (unpaired) electrons. The minimum Gasteiger partial charge on any atom is -0.408 e. The lowest BCUT2D eigenvalue weighted by Gasteiger charge is -2.15. The summed E-state index contributed by atoms with van der Waals surface area (Å²) < 4.78 is 7.07. The van der Waals surface area contributed by atoms with Gasteiger partial charge in [0.1, 0.15) is 12.8 Å². The molecule has 1 aromatic rings. The average Bonchev–Trinajstić information content (AvgIpc) is 2.42. The third-order valence-corrected chi connectivity index (χ3v) is 2.89. The number of rotatable bonds is 4. The monoisotopic (exact) mass is 229 g/mol. The Morgan fingerprint density at radius 1 is 1.60 bits per heavy atom. The van der Waals surface area contributed by atoms with E-state index in [1.807, 2.05) is 0 Å². The first kappa shape index (κ1) is 11.9. The smallest absolute Gasteiger partial charge is 0.342 e. The second-order valence-electron chi connectivity index (χ2n) is 4.25. The van der Waals surface area contributed by atoms with Crippen molar-refractivity contribution >= 4 is 14.1 Å². The molecule has 1 aromatic heterocycles. The van der Waals surface area contributed by atoms with Gasteiger partial charge >= 0.3 is 5.82 Å². The summed E-state index contributed by atoms with van der Waals surface area (Å²) >= 11 is 0. The largest absolute Gasteiger partial charge is 0.408 e. The zero-order valence-electron chi connectivity index (χ0n) is 9.35. The zero-order chi connectivity index (χ0) is 11.6. The van der Waals surface area contributed by atoms with Crippen LogP contribution in [0.3, 0.4) is 0 Å². The van der Waals surface area contributed by atoms with Gasteiger partial charge in [0.15, 0.2) is 8.32 Å². The van der Waals surface area contributed by atoms with Crippen LogP contribution in [-0.2, 0) is 18.1 Å². The summed E-state index contributed by atoms with van der Waals surface area (Å²) in [6.07, 6.45) is 1.25. The number of nitrogens with zero attached hydrogens (tertiary/aromatic N) is 3. The lowest BCUT2D eigenvalue weighted by Crippen LogP contribution is -2.25. The Morgan fingerprint density at radius 2 is 2.20 bits per heavy atom. The van der Waals surface area contributed by atoms with Gasteiger partial charge < -0.3 is 14.5 Å². The summed E-state index contributed by atoms with van der Waals surface area (Å²) in [5, 5.41) is 10.5. The summed E-state index contributed by atoms with van der Waals surface area (Å²) in [4.78, 5) is 14.1. The zero-order valence-corrected chi connectivity index (χ0v) is 10.4. The molecule has 0 atom stereocenters. The highest BCUT2D eigenvalue weighted by Gasteiger charge is 2.20. The number of imidazole rings is 1. The number of hydrogen-bond acceptors (Lipinski definition) is 4. The molecule has 0 amide bonds. The van der Waals surface area contributed by atoms with Gasteiger partial charge in [-0.15, -0.1) is 0 Å². The van der Waals surface area contributed by atoms with Crippen LogP contribution in [0.4, 0.5) is 5.82 Å². The maximum absolute atomic E-state index is 10.5. The van der Waals surface area contributed by atoms with Crippen LogP contribution in [-0.4, -0.2) is 22.8 Å². The third kappa shape index (κ3) is 3.13. The van der Waals surface area contributed by atoms with E-state index in [1.54, 1.807) is 7.05 Å². The van der Waals surface area contributed by atoms with Crippen molar-refractivity contribution in [1.29, 1.82) is 0 Å². The lowest BCUT2D eigenvalue weighted by atomic mass is 10.6. The highest BCUT2D eigenvalue weighted by Crippen LogP contribution is 2.14. The van der Waals surface area contributed by atoms with Gasteiger partial charge in [0.25, 0.3) is 0 Å². The summed E-state index contributed by atoms with van der Waals surface area (Å²) in [5.41, 5.74) is 0. The van der Waals surface area contributed by atoms with Crippen LogP contribution in [0.25, 0.3) is 0 Å².